The highest BCUT2D eigenvalue weighted by atomic mass is 32.2. The van der Waals surface area contributed by atoms with Crippen molar-refractivity contribution in [2.24, 2.45) is 0 Å². The molecule has 0 amide bonds. The van der Waals surface area contributed by atoms with E-state index >= 15 is 0 Å². The SMILES string of the molecule is COc1cc(/C=C(\C#N)c2nc(N)nc(N(C)C)n2)ccc1OS(=O)(=O)c1ccc(C)cc1. The second kappa shape index (κ2) is 9.54. The van der Waals surface area contributed by atoms with Crippen molar-refractivity contribution in [3.8, 4) is 17.6 Å². The normalized spacial score (nSPS) is 11.5. The van der Waals surface area contributed by atoms with Crippen LogP contribution >= 0.6 is 0 Å². The van der Waals surface area contributed by atoms with Crippen molar-refractivity contribution in [3.63, 3.8) is 0 Å². The number of benzene rings is 2. The van der Waals surface area contributed by atoms with Crippen LogP contribution in [0, 0.1) is 18.3 Å². The van der Waals surface area contributed by atoms with Gasteiger partial charge in [0.1, 0.15) is 11.0 Å². The average Bonchev–Trinajstić information content (AvgIpc) is 2.77. The summed E-state index contributed by atoms with van der Waals surface area (Å²) < 4.78 is 35.8. The molecule has 0 unspecified atom stereocenters. The van der Waals surface area contributed by atoms with E-state index in [4.69, 9.17) is 14.7 Å². The average molecular weight is 467 g/mol. The maximum absolute atomic E-state index is 12.6. The van der Waals surface area contributed by atoms with Crippen molar-refractivity contribution >= 4 is 33.7 Å². The second-order valence-electron chi connectivity index (χ2n) is 7.14. The fourth-order valence-corrected chi connectivity index (χ4v) is 3.67. The van der Waals surface area contributed by atoms with Crippen molar-refractivity contribution < 1.29 is 17.3 Å². The molecule has 170 valence electrons. The molecule has 11 heteroatoms. The predicted octanol–water partition coefficient (Wildman–Crippen LogP) is 2.67. The third-order valence-electron chi connectivity index (χ3n) is 4.41. The zero-order valence-electron chi connectivity index (χ0n) is 18.5. The van der Waals surface area contributed by atoms with Gasteiger partial charge >= 0.3 is 10.1 Å². The fourth-order valence-electron chi connectivity index (χ4n) is 2.73. The first-order valence-corrected chi connectivity index (χ1v) is 11.0. The molecule has 0 aliphatic rings. The van der Waals surface area contributed by atoms with Crippen molar-refractivity contribution in [2.75, 3.05) is 31.8 Å². The van der Waals surface area contributed by atoms with Crippen molar-refractivity contribution in [1.29, 1.82) is 5.26 Å². The summed E-state index contributed by atoms with van der Waals surface area (Å²) in [6.45, 7) is 1.86. The Kier molecular flexibility index (Phi) is 6.79. The van der Waals surface area contributed by atoms with E-state index in [1.807, 2.05) is 13.0 Å². The minimum Gasteiger partial charge on any atom is -0.493 e. The van der Waals surface area contributed by atoms with Gasteiger partial charge in [-0.25, -0.2) is 0 Å². The van der Waals surface area contributed by atoms with Crippen molar-refractivity contribution in [1.82, 2.24) is 15.0 Å². The number of rotatable bonds is 7. The van der Waals surface area contributed by atoms with Gasteiger partial charge in [-0.2, -0.15) is 28.6 Å². The lowest BCUT2D eigenvalue weighted by Gasteiger charge is -2.12. The molecule has 0 radical (unpaired) electrons. The summed E-state index contributed by atoms with van der Waals surface area (Å²) in [7, 11) is 0.804. The predicted molar refractivity (Wildman–Crippen MR) is 124 cm³/mol. The third kappa shape index (κ3) is 5.55. The molecule has 0 saturated heterocycles. The summed E-state index contributed by atoms with van der Waals surface area (Å²) in [5, 5.41) is 9.63. The summed E-state index contributed by atoms with van der Waals surface area (Å²) in [4.78, 5) is 14.0. The molecule has 33 heavy (non-hydrogen) atoms. The van der Waals surface area contributed by atoms with Crippen LogP contribution in [0.4, 0.5) is 11.9 Å². The number of hydrogen-bond donors (Lipinski definition) is 1. The van der Waals surface area contributed by atoms with Crippen LogP contribution in [0.1, 0.15) is 17.0 Å². The lowest BCUT2D eigenvalue weighted by atomic mass is 10.1. The number of nitrogen functional groups attached to an aromatic ring is 1. The Bertz CT molecular complexity index is 1350. The van der Waals surface area contributed by atoms with Gasteiger partial charge in [-0.3, -0.25) is 0 Å². The van der Waals surface area contributed by atoms with Gasteiger partial charge in [0, 0.05) is 14.1 Å². The van der Waals surface area contributed by atoms with Crippen LogP contribution in [0.25, 0.3) is 11.6 Å². The smallest absolute Gasteiger partial charge is 0.339 e. The van der Waals surface area contributed by atoms with Crippen molar-refractivity contribution in [2.45, 2.75) is 11.8 Å². The maximum atomic E-state index is 12.6. The number of aromatic nitrogens is 3. The monoisotopic (exact) mass is 466 g/mol. The molecule has 0 spiro atoms. The highest BCUT2D eigenvalue weighted by Crippen LogP contribution is 2.32. The van der Waals surface area contributed by atoms with Gasteiger partial charge in [-0.1, -0.05) is 23.8 Å². The molecule has 0 bridgehead atoms. The minimum atomic E-state index is -4.06. The number of aryl methyl sites for hydroxylation is 1. The summed E-state index contributed by atoms with van der Waals surface area (Å²) in [6, 6.07) is 12.9. The number of nitrogens with two attached hydrogens (primary N) is 1. The molecule has 1 aromatic heterocycles. The Morgan fingerprint density at radius 1 is 1.09 bits per heavy atom. The van der Waals surface area contributed by atoms with Crippen LogP contribution in [-0.2, 0) is 10.1 Å². The third-order valence-corrected chi connectivity index (χ3v) is 5.66. The van der Waals surface area contributed by atoms with E-state index in [-0.39, 0.29) is 33.7 Å². The number of ether oxygens (including phenoxy) is 1. The quantitative estimate of drug-likeness (QED) is 0.407. The van der Waals surface area contributed by atoms with Gasteiger partial charge in [0.25, 0.3) is 0 Å². The van der Waals surface area contributed by atoms with Gasteiger partial charge in [0.15, 0.2) is 17.3 Å². The molecule has 3 rings (SSSR count). The Balaban J connectivity index is 1.95. The molecule has 0 atom stereocenters. The summed E-state index contributed by atoms with van der Waals surface area (Å²) in [6.07, 6.45) is 1.52. The molecule has 0 fully saturated rings. The van der Waals surface area contributed by atoms with Crippen LogP contribution in [0.3, 0.4) is 0 Å². The minimum absolute atomic E-state index is 0.00744. The molecular weight excluding hydrogens is 444 g/mol. The standard InChI is InChI=1S/C22H22N6O4S/c1-14-5-8-17(9-6-14)33(29,30)32-18-10-7-15(12-19(18)31-4)11-16(13-23)20-25-21(24)27-22(26-20)28(2)3/h5-12H,1-4H3,(H2,24,25,26,27)/b16-11+. The Hall–Kier alpha value is -4.17. The molecule has 10 nitrogen and oxygen atoms in total. The van der Waals surface area contributed by atoms with E-state index < -0.39 is 10.1 Å². The van der Waals surface area contributed by atoms with E-state index in [0.717, 1.165) is 5.56 Å². The molecule has 1 heterocycles. The van der Waals surface area contributed by atoms with Gasteiger partial charge in [0.05, 0.1) is 12.7 Å². The lowest BCUT2D eigenvalue weighted by molar-refractivity contribution is 0.390. The van der Waals surface area contributed by atoms with Crippen molar-refractivity contribution in [3.05, 3.63) is 59.4 Å². The molecule has 0 saturated carbocycles. The first kappa shape index (κ1) is 23.5. The van der Waals surface area contributed by atoms with Gasteiger partial charge in [-0.05, 0) is 42.8 Å². The largest absolute Gasteiger partial charge is 0.493 e. The summed E-state index contributed by atoms with van der Waals surface area (Å²) in [5.74, 6) is 0.567. The van der Waals surface area contributed by atoms with Crippen LogP contribution in [0.15, 0.2) is 47.4 Å². The molecule has 0 aliphatic heterocycles. The topological polar surface area (TPSA) is 144 Å². The number of nitriles is 1. The van der Waals surface area contributed by atoms with E-state index in [1.54, 1.807) is 37.2 Å². The highest BCUT2D eigenvalue weighted by molar-refractivity contribution is 7.87. The van der Waals surface area contributed by atoms with E-state index in [0.29, 0.717) is 11.5 Å². The summed E-state index contributed by atoms with van der Waals surface area (Å²) >= 11 is 0. The fraction of sp³-hybridized carbons (Fsp3) is 0.182. The molecule has 0 aliphatic carbocycles. The molecule has 2 aromatic carbocycles. The molecule has 2 N–H and O–H groups in total. The first-order valence-electron chi connectivity index (χ1n) is 9.63. The first-order chi connectivity index (χ1) is 15.6. The summed E-state index contributed by atoms with van der Waals surface area (Å²) in [5.41, 5.74) is 7.34. The van der Waals surface area contributed by atoms with Crippen LogP contribution in [0.2, 0.25) is 0 Å². The van der Waals surface area contributed by atoms with Gasteiger partial charge < -0.3 is 19.6 Å². The Morgan fingerprint density at radius 2 is 1.79 bits per heavy atom. The number of nitrogens with zero attached hydrogens (tertiary/aromatic N) is 5. The number of methoxy groups -OCH3 is 1. The van der Waals surface area contributed by atoms with E-state index in [9.17, 15) is 13.7 Å². The lowest BCUT2D eigenvalue weighted by Crippen LogP contribution is -2.15. The number of hydrogen-bond acceptors (Lipinski definition) is 10. The molecule has 3 aromatic rings. The highest BCUT2D eigenvalue weighted by Gasteiger charge is 2.19. The van der Waals surface area contributed by atoms with Crippen LogP contribution < -0.4 is 19.6 Å². The molecular formula is C22H22N6O4S. The van der Waals surface area contributed by atoms with Crippen LogP contribution in [-0.4, -0.2) is 44.6 Å². The Labute approximate surface area is 192 Å². The zero-order chi connectivity index (χ0) is 24.2. The maximum Gasteiger partial charge on any atom is 0.339 e. The van der Waals surface area contributed by atoms with E-state index in [2.05, 4.69) is 15.0 Å². The van der Waals surface area contributed by atoms with Crippen LogP contribution in [0.5, 0.6) is 11.5 Å². The number of allylic oxidation sites excluding steroid dienone is 1. The zero-order valence-corrected chi connectivity index (χ0v) is 19.3. The second-order valence-corrected chi connectivity index (χ2v) is 8.69. The van der Waals surface area contributed by atoms with Gasteiger partial charge in [-0.15, -0.1) is 0 Å². The Morgan fingerprint density at radius 3 is 2.39 bits per heavy atom. The number of anilines is 2. The van der Waals surface area contributed by atoms with E-state index in [1.165, 1.54) is 37.5 Å². The van der Waals surface area contributed by atoms with Gasteiger partial charge in [0.2, 0.25) is 11.9 Å².